The zero-order chi connectivity index (χ0) is 19.5. The van der Waals surface area contributed by atoms with Gasteiger partial charge in [0.2, 0.25) is 5.91 Å². The van der Waals surface area contributed by atoms with E-state index in [0.717, 1.165) is 25.1 Å². The maximum atomic E-state index is 11.8. The molecular formula is C20H30N6O. The van der Waals surface area contributed by atoms with Gasteiger partial charge in [0, 0.05) is 45.0 Å². The van der Waals surface area contributed by atoms with Crippen molar-refractivity contribution in [2.75, 3.05) is 20.1 Å². The van der Waals surface area contributed by atoms with Gasteiger partial charge < -0.3 is 16.0 Å². The van der Waals surface area contributed by atoms with E-state index in [1.54, 1.807) is 13.2 Å². The van der Waals surface area contributed by atoms with Gasteiger partial charge in [-0.25, -0.2) is 4.68 Å². The van der Waals surface area contributed by atoms with E-state index in [9.17, 15) is 4.79 Å². The Hall–Kier alpha value is -2.83. The highest BCUT2D eigenvalue weighted by Crippen LogP contribution is 2.08. The first-order valence-corrected chi connectivity index (χ1v) is 9.45. The Morgan fingerprint density at radius 3 is 2.59 bits per heavy atom. The number of benzene rings is 1. The molecule has 0 fully saturated rings. The van der Waals surface area contributed by atoms with Gasteiger partial charge in [0.05, 0.1) is 5.69 Å². The van der Waals surface area contributed by atoms with Crippen molar-refractivity contribution >= 4 is 11.9 Å². The van der Waals surface area contributed by atoms with Crippen molar-refractivity contribution in [3.8, 4) is 5.69 Å². The van der Waals surface area contributed by atoms with Crippen LogP contribution in [0, 0.1) is 0 Å². The molecule has 1 aromatic carbocycles. The summed E-state index contributed by atoms with van der Waals surface area (Å²) in [6.07, 6.45) is 5.94. The molecule has 1 amide bonds. The number of hydrogen-bond donors (Lipinski definition) is 3. The van der Waals surface area contributed by atoms with Crippen LogP contribution in [0.25, 0.3) is 5.69 Å². The van der Waals surface area contributed by atoms with E-state index in [0.29, 0.717) is 18.9 Å². The van der Waals surface area contributed by atoms with Gasteiger partial charge in [-0.15, -0.1) is 0 Å². The summed E-state index contributed by atoms with van der Waals surface area (Å²) in [6.45, 7) is 5.38. The fraction of sp³-hybridized carbons (Fsp3) is 0.450. The Morgan fingerprint density at radius 1 is 1.22 bits per heavy atom. The molecule has 3 N–H and O–H groups in total. The van der Waals surface area contributed by atoms with Crippen LogP contribution in [-0.4, -0.2) is 47.8 Å². The Balaban J connectivity index is 1.68. The lowest BCUT2D eigenvalue weighted by atomic mass is 10.1. The number of guanidine groups is 1. The van der Waals surface area contributed by atoms with Gasteiger partial charge in [-0.2, -0.15) is 5.10 Å². The fourth-order valence-electron chi connectivity index (χ4n) is 2.53. The maximum absolute atomic E-state index is 11.8. The number of amides is 1. The van der Waals surface area contributed by atoms with Gasteiger partial charge >= 0.3 is 0 Å². The largest absolute Gasteiger partial charge is 0.356 e. The second kappa shape index (κ2) is 11.0. The molecule has 2 aromatic rings. The van der Waals surface area contributed by atoms with Crippen LogP contribution in [0.1, 0.15) is 32.3 Å². The minimum atomic E-state index is 0.0598. The Morgan fingerprint density at radius 2 is 1.96 bits per heavy atom. The summed E-state index contributed by atoms with van der Waals surface area (Å²) < 4.78 is 1.84. The van der Waals surface area contributed by atoms with Gasteiger partial charge in [0.15, 0.2) is 5.96 Å². The number of aliphatic imine (C=N–C) groups is 1. The second-order valence-electron chi connectivity index (χ2n) is 6.42. The minimum Gasteiger partial charge on any atom is -0.356 e. The molecule has 1 aromatic heterocycles. The molecule has 0 radical (unpaired) electrons. The molecule has 1 unspecified atom stereocenters. The highest BCUT2D eigenvalue weighted by molar-refractivity contribution is 5.81. The molecule has 0 aliphatic carbocycles. The lowest BCUT2D eigenvalue weighted by molar-refractivity contribution is -0.121. The predicted molar refractivity (Wildman–Crippen MR) is 109 cm³/mol. The number of nitrogens with one attached hydrogen (secondary N) is 3. The summed E-state index contributed by atoms with van der Waals surface area (Å²) in [5.41, 5.74) is 2.28. The molecule has 1 atom stereocenters. The summed E-state index contributed by atoms with van der Waals surface area (Å²) in [6, 6.07) is 10.5. The van der Waals surface area contributed by atoms with Gasteiger partial charge in [-0.3, -0.25) is 9.79 Å². The molecule has 146 valence electrons. The lowest BCUT2D eigenvalue weighted by Gasteiger charge is -2.14. The fourth-order valence-corrected chi connectivity index (χ4v) is 2.53. The van der Waals surface area contributed by atoms with Crippen LogP contribution >= 0.6 is 0 Å². The average Bonchev–Trinajstić information content (AvgIpc) is 3.22. The van der Waals surface area contributed by atoms with Crippen LogP contribution in [0.5, 0.6) is 0 Å². The standard InChI is InChI=1S/C20H30N6O/c1-4-16(2)25-19(27)11-14-23-20(21-3)22-13-10-17-6-8-18(9-7-17)26-15-5-12-24-26/h5-9,12,15-16H,4,10-11,13-14H2,1-3H3,(H,25,27)(H2,21,22,23). The van der Waals surface area contributed by atoms with Crippen molar-refractivity contribution in [2.45, 2.75) is 39.2 Å². The summed E-state index contributed by atoms with van der Waals surface area (Å²) in [7, 11) is 1.73. The number of rotatable bonds is 9. The SMILES string of the molecule is CCC(C)NC(=O)CCNC(=NC)NCCc1ccc(-n2cccn2)cc1. The average molecular weight is 371 g/mol. The smallest absolute Gasteiger partial charge is 0.221 e. The molecule has 0 aliphatic heterocycles. The second-order valence-corrected chi connectivity index (χ2v) is 6.42. The van der Waals surface area contributed by atoms with Crippen molar-refractivity contribution in [3.05, 3.63) is 48.3 Å². The Kier molecular flexibility index (Phi) is 8.35. The number of aromatic nitrogens is 2. The van der Waals surface area contributed by atoms with E-state index in [-0.39, 0.29) is 11.9 Å². The Labute approximate surface area is 161 Å². The van der Waals surface area contributed by atoms with E-state index in [1.807, 2.05) is 23.9 Å². The number of carbonyl (C=O) groups is 1. The van der Waals surface area contributed by atoms with Gasteiger partial charge in [-0.05, 0) is 43.5 Å². The van der Waals surface area contributed by atoms with Crippen molar-refractivity contribution in [2.24, 2.45) is 4.99 Å². The van der Waals surface area contributed by atoms with Crippen LogP contribution < -0.4 is 16.0 Å². The molecule has 7 nitrogen and oxygen atoms in total. The predicted octanol–water partition coefficient (Wildman–Crippen LogP) is 1.88. The number of nitrogens with zero attached hydrogens (tertiary/aromatic N) is 3. The Bertz CT molecular complexity index is 709. The summed E-state index contributed by atoms with van der Waals surface area (Å²) in [4.78, 5) is 16.0. The van der Waals surface area contributed by atoms with Gasteiger partial charge in [0.1, 0.15) is 0 Å². The van der Waals surface area contributed by atoms with Crippen molar-refractivity contribution in [1.29, 1.82) is 0 Å². The van der Waals surface area contributed by atoms with Gasteiger partial charge in [0.25, 0.3) is 0 Å². The lowest BCUT2D eigenvalue weighted by Crippen LogP contribution is -2.41. The molecule has 0 aliphatic rings. The molecule has 0 spiro atoms. The van der Waals surface area contributed by atoms with Crippen LogP contribution in [-0.2, 0) is 11.2 Å². The monoisotopic (exact) mass is 370 g/mol. The topological polar surface area (TPSA) is 83.3 Å². The van der Waals surface area contributed by atoms with Crippen LogP contribution in [0.3, 0.4) is 0 Å². The summed E-state index contributed by atoms with van der Waals surface area (Å²) in [5.74, 6) is 0.768. The normalized spacial score (nSPS) is 12.5. The highest BCUT2D eigenvalue weighted by Gasteiger charge is 2.05. The molecule has 27 heavy (non-hydrogen) atoms. The summed E-state index contributed by atoms with van der Waals surface area (Å²) >= 11 is 0. The molecule has 0 bridgehead atoms. The van der Waals surface area contributed by atoms with Crippen LogP contribution in [0.4, 0.5) is 0 Å². The molecule has 0 saturated carbocycles. The van der Waals surface area contributed by atoms with E-state index >= 15 is 0 Å². The van der Waals surface area contributed by atoms with E-state index in [2.05, 4.69) is 57.2 Å². The van der Waals surface area contributed by atoms with Crippen LogP contribution in [0.15, 0.2) is 47.7 Å². The molecule has 7 heteroatoms. The van der Waals surface area contributed by atoms with E-state index in [4.69, 9.17) is 0 Å². The van der Waals surface area contributed by atoms with E-state index in [1.165, 1.54) is 5.56 Å². The highest BCUT2D eigenvalue weighted by atomic mass is 16.1. The zero-order valence-electron chi connectivity index (χ0n) is 16.4. The first-order valence-electron chi connectivity index (χ1n) is 9.45. The third-order valence-electron chi connectivity index (χ3n) is 4.30. The quantitative estimate of drug-likeness (QED) is 0.465. The summed E-state index contributed by atoms with van der Waals surface area (Å²) in [5, 5.41) is 13.6. The molecule has 0 saturated heterocycles. The first kappa shape index (κ1) is 20.5. The van der Waals surface area contributed by atoms with Crippen molar-refractivity contribution in [1.82, 2.24) is 25.7 Å². The maximum Gasteiger partial charge on any atom is 0.221 e. The van der Waals surface area contributed by atoms with Crippen molar-refractivity contribution in [3.63, 3.8) is 0 Å². The third-order valence-corrected chi connectivity index (χ3v) is 4.30. The van der Waals surface area contributed by atoms with Crippen molar-refractivity contribution < 1.29 is 4.79 Å². The number of carbonyl (C=O) groups excluding carboxylic acids is 1. The van der Waals surface area contributed by atoms with Gasteiger partial charge in [-0.1, -0.05) is 19.1 Å². The zero-order valence-corrected chi connectivity index (χ0v) is 16.4. The minimum absolute atomic E-state index is 0.0598. The molecular weight excluding hydrogens is 340 g/mol. The first-order chi connectivity index (χ1) is 13.1. The number of hydrogen-bond acceptors (Lipinski definition) is 3. The van der Waals surface area contributed by atoms with E-state index < -0.39 is 0 Å². The van der Waals surface area contributed by atoms with Crippen LogP contribution in [0.2, 0.25) is 0 Å². The molecule has 1 heterocycles. The molecule has 2 rings (SSSR count). The third kappa shape index (κ3) is 7.13.